The van der Waals surface area contributed by atoms with Crippen molar-refractivity contribution < 1.29 is 5.11 Å². The van der Waals surface area contributed by atoms with Crippen LogP contribution in [0.2, 0.25) is 0 Å². The molecule has 0 aliphatic heterocycles. The molecule has 0 spiro atoms. The lowest BCUT2D eigenvalue weighted by molar-refractivity contribution is 0.140. The average Bonchev–Trinajstić information content (AvgIpc) is 2.96. The Morgan fingerprint density at radius 3 is 2.40 bits per heavy atom. The topological polar surface area (TPSA) is 32.3 Å². The highest BCUT2D eigenvalue weighted by Crippen LogP contribution is 2.31. The second kappa shape index (κ2) is 7.83. The molecule has 1 aliphatic carbocycles. The molecule has 0 amide bonds. The lowest BCUT2D eigenvalue weighted by Gasteiger charge is -2.18. The molecule has 0 saturated carbocycles. The lowest BCUT2D eigenvalue weighted by atomic mass is 10.0. The van der Waals surface area contributed by atoms with Gasteiger partial charge in [-0.2, -0.15) is 0 Å². The molecule has 3 heteroatoms. The SMILES string of the molecule is Cl.O[C@H]1Cc2ccccc2[C@H]1NCc1cccc(-c2ccccc2)c1. The Labute approximate surface area is 154 Å². The molecule has 25 heavy (non-hydrogen) atoms. The molecule has 3 aromatic carbocycles. The molecule has 0 unspecified atom stereocenters. The Morgan fingerprint density at radius 1 is 0.840 bits per heavy atom. The van der Waals surface area contributed by atoms with E-state index in [9.17, 15) is 5.11 Å². The molecule has 4 rings (SSSR count). The zero-order chi connectivity index (χ0) is 16.4. The van der Waals surface area contributed by atoms with Gasteiger partial charge in [0.25, 0.3) is 0 Å². The quantitative estimate of drug-likeness (QED) is 0.724. The number of aliphatic hydroxyl groups excluding tert-OH is 1. The predicted molar refractivity (Wildman–Crippen MR) is 105 cm³/mol. The van der Waals surface area contributed by atoms with Crippen molar-refractivity contribution in [3.05, 3.63) is 95.6 Å². The molecule has 128 valence electrons. The van der Waals surface area contributed by atoms with Gasteiger partial charge in [0.15, 0.2) is 0 Å². The van der Waals surface area contributed by atoms with Crippen LogP contribution in [0, 0.1) is 0 Å². The van der Waals surface area contributed by atoms with Crippen LogP contribution < -0.4 is 5.32 Å². The summed E-state index contributed by atoms with van der Waals surface area (Å²) in [6, 6.07) is 27.3. The molecule has 0 heterocycles. The van der Waals surface area contributed by atoms with Crippen LogP contribution in [0.1, 0.15) is 22.7 Å². The van der Waals surface area contributed by atoms with Gasteiger partial charge in [-0.1, -0.05) is 72.8 Å². The molecule has 0 bridgehead atoms. The number of fused-ring (bicyclic) bond motifs is 1. The summed E-state index contributed by atoms with van der Waals surface area (Å²) < 4.78 is 0. The Kier molecular flexibility index (Phi) is 5.54. The summed E-state index contributed by atoms with van der Waals surface area (Å²) in [5.41, 5.74) is 6.16. The van der Waals surface area contributed by atoms with Crippen LogP contribution in [-0.4, -0.2) is 11.2 Å². The molecule has 2 N–H and O–H groups in total. The summed E-state index contributed by atoms with van der Waals surface area (Å²) in [4.78, 5) is 0. The highest BCUT2D eigenvalue weighted by molar-refractivity contribution is 5.85. The Balaban J connectivity index is 0.00000182. The van der Waals surface area contributed by atoms with E-state index in [1.54, 1.807) is 0 Å². The average molecular weight is 352 g/mol. The number of nitrogens with one attached hydrogen (secondary N) is 1. The fourth-order valence-corrected chi connectivity index (χ4v) is 3.54. The van der Waals surface area contributed by atoms with Crippen molar-refractivity contribution in [3.8, 4) is 11.1 Å². The van der Waals surface area contributed by atoms with Crippen molar-refractivity contribution in [2.24, 2.45) is 0 Å². The van der Waals surface area contributed by atoms with Gasteiger partial charge < -0.3 is 10.4 Å². The van der Waals surface area contributed by atoms with Crippen LogP contribution in [0.5, 0.6) is 0 Å². The first-order chi connectivity index (χ1) is 11.8. The van der Waals surface area contributed by atoms with Gasteiger partial charge in [0.1, 0.15) is 0 Å². The van der Waals surface area contributed by atoms with Crippen LogP contribution in [0.4, 0.5) is 0 Å². The summed E-state index contributed by atoms with van der Waals surface area (Å²) in [5.74, 6) is 0. The fraction of sp³-hybridized carbons (Fsp3) is 0.182. The molecule has 1 aliphatic rings. The molecular weight excluding hydrogens is 330 g/mol. The smallest absolute Gasteiger partial charge is 0.0775 e. The molecule has 2 atom stereocenters. The molecule has 3 aromatic rings. The van der Waals surface area contributed by atoms with Gasteiger partial charge in [0.05, 0.1) is 12.1 Å². The number of aliphatic hydroxyl groups is 1. The normalized spacial score (nSPS) is 18.4. The number of rotatable bonds is 4. The number of hydrogen-bond acceptors (Lipinski definition) is 2. The third kappa shape index (κ3) is 3.77. The third-order valence-electron chi connectivity index (χ3n) is 4.76. The molecule has 0 saturated heterocycles. The summed E-state index contributed by atoms with van der Waals surface area (Å²) in [5, 5.41) is 13.9. The van der Waals surface area contributed by atoms with Gasteiger partial charge in [0, 0.05) is 13.0 Å². The summed E-state index contributed by atoms with van der Waals surface area (Å²) in [6.07, 6.45) is 0.387. The van der Waals surface area contributed by atoms with E-state index >= 15 is 0 Å². The van der Waals surface area contributed by atoms with Crippen LogP contribution in [0.15, 0.2) is 78.9 Å². The van der Waals surface area contributed by atoms with Crippen LogP contribution in [0.3, 0.4) is 0 Å². The molecule has 2 nitrogen and oxygen atoms in total. The Bertz CT molecular complexity index is 834. The minimum Gasteiger partial charge on any atom is -0.391 e. The van der Waals surface area contributed by atoms with Crippen molar-refractivity contribution >= 4 is 12.4 Å². The first-order valence-electron chi connectivity index (χ1n) is 8.45. The van der Waals surface area contributed by atoms with E-state index in [0.717, 1.165) is 13.0 Å². The number of halogens is 1. The highest BCUT2D eigenvalue weighted by atomic mass is 35.5. The van der Waals surface area contributed by atoms with Gasteiger partial charge in [-0.3, -0.25) is 0 Å². The minimum absolute atomic E-state index is 0. The monoisotopic (exact) mass is 351 g/mol. The van der Waals surface area contributed by atoms with Gasteiger partial charge in [-0.25, -0.2) is 0 Å². The summed E-state index contributed by atoms with van der Waals surface area (Å²) in [6.45, 7) is 0.747. The van der Waals surface area contributed by atoms with Crippen molar-refractivity contribution in [1.29, 1.82) is 0 Å². The maximum Gasteiger partial charge on any atom is 0.0775 e. The maximum atomic E-state index is 10.4. The fourth-order valence-electron chi connectivity index (χ4n) is 3.54. The maximum absolute atomic E-state index is 10.4. The van der Waals surface area contributed by atoms with Gasteiger partial charge >= 0.3 is 0 Å². The number of hydrogen-bond donors (Lipinski definition) is 2. The van der Waals surface area contributed by atoms with E-state index in [1.165, 1.54) is 27.8 Å². The first kappa shape index (κ1) is 17.7. The van der Waals surface area contributed by atoms with E-state index in [4.69, 9.17) is 0 Å². The molecule has 0 fully saturated rings. The van der Waals surface area contributed by atoms with E-state index in [1.807, 2.05) is 18.2 Å². The Morgan fingerprint density at radius 2 is 1.56 bits per heavy atom. The van der Waals surface area contributed by atoms with E-state index in [0.29, 0.717) is 0 Å². The highest BCUT2D eigenvalue weighted by Gasteiger charge is 2.29. The Hall–Kier alpha value is -2.13. The van der Waals surface area contributed by atoms with E-state index in [2.05, 4.69) is 66.0 Å². The first-order valence-corrected chi connectivity index (χ1v) is 8.45. The third-order valence-corrected chi connectivity index (χ3v) is 4.76. The second-order valence-corrected chi connectivity index (χ2v) is 6.40. The summed E-state index contributed by atoms with van der Waals surface area (Å²) >= 11 is 0. The molecule has 0 aromatic heterocycles. The molecular formula is C22H22ClNO. The van der Waals surface area contributed by atoms with Crippen LogP contribution in [0.25, 0.3) is 11.1 Å². The largest absolute Gasteiger partial charge is 0.391 e. The lowest BCUT2D eigenvalue weighted by Crippen LogP contribution is -2.28. The van der Waals surface area contributed by atoms with Gasteiger partial charge in [-0.15, -0.1) is 12.4 Å². The zero-order valence-electron chi connectivity index (χ0n) is 13.9. The number of benzene rings is 3. The standard InChI is InChI=1S/C22H21NO.ClH/c24-21-14-19-10-4-5-12-20(19)22(21)23-15-16-7-6-11-18(13-16)17-8-2-1-3-9-17;/h1-13,21-24H,14-15H2;1H/t21-,22+;/m0./s1. The predicted octanol–water partition coefficient (Wildman–Crippen LogP) is 4.52. The van der Waals surface area contributed by atoms with Gasteiger partial charge in [0.2, 0.25) is 0 Å². The van der Waals surface area contributed by atoms with Gasteiger partial charge in [-0.05, 0) is 33.9 Å². The van der Waals surface area contributed by atoms with Crippen LogP contribution in [-0.2, 0) is 13.0 Å². The second-order valence-electron chi connectivity index (χ2n) is 6.40. The zero-order valence-corrected chi connectivity index (χ0v) is 14.7. The molecule has 0 radical (unpaired) electrons. The van der Waals surface area contributed by atoms with Crippen molar-refractivity contribution in [2.75, 3.05) is 0 Å². The van der Waals surface area contributed by atoms with Crippen LogP contribution >= 0.6 is 12.4 Å². The van der Waals surface area contributed by atoms with E-state index in [-0.39, 0.29) is 24.6 Å². The van der Waals surface area contributed by atoms with Crippen molar-refractivity contribution in [1.82, 2.24) is 5.32 Å². The summed E-state index contributed by atoms with van der Waals surface area (Å²) in [7, 11) is 0. The minimum atomic E-state index is -0.347. The van der Waals surface area contributed by atoms with Crippen molar-refractivity contribution in [2.45, 2.75) is 25.1 Å². The van der Waals surface area contributed by atoms with E-state index < -0.39 is 0 Å². The van der Waals surface area contributed by atoms with Crippen molar-refractivity contribution in [3.63, 3.8) is 0 Å².